The lowest BCUT2D eigenvalue weighted by atomic mass is 10.1. The van der Waals surface area contributed by atoms with E-state index in [-0.39, 0.29) is 11.6 Å². The van der Waals surface area contributed by atoms with Crippen LogP contribution in [0.2, 0.25) is 0 Å². The van der Waals surface area contributed by atoms with Crippen LogP contribution in [-0.2, 0) is 6.54 Å². The zero-order valence-corrected chi connectivity index (χ0v) is 9.44. The molecule has 0 aliphatic carbocycles. The molecule has 0 radical (unpaired) electrons. The number of nitrogens with zero attached hydrogens (tertiary/aromatic N) is 2. The summed E-state index contributed by atoms with van der Waals surface area (Å²) in [7, 11) is 0. The van der Waals surface area contributed by atoms with Crippen molar-refractivity contribution in [1.82, 2.24) is 9.78 Å². The third kappa shape index (κ3) is 4.25. The number of aromatic nitrogens is 2. The quantitative estimate of drug-likeness (QED) is 0.738. The number of hydrogen-bond donors (Lipinski definition) is 1. The second kappa shape index (κ2) is 5.66. The van der Waals surface area contributed by atoms with Crippen LogP contribution in [0.5, 0.6) is 0 Å². The predicted molar refractivity (Wildman–Crippen MR) is 60.7 cm³/mol. The lowest BCUT2D eigenvalue weighted by Crippen LogP contribution is -2.22. The van der Waals surface area contributed by atoms with Crippen molar-refractivity contribution in [3.8, 4) is 0 Å². The lowest BCUT2D eigenvalue weighted by molar-refractivity contribution is 0.500. The Morgan fingerprint density at radius 1 is 1.47 bits per heavy atom. The molecular weight excluding hydrogens is 190 g/mol. The molecule has 1 atom stereocenters. The Kier molecular flexibility index (Phi) is 4.49. The molecule has 1 aromatic rings. The van der Waals surface area contributed by atoms with Gasteiger partial charge in [-0.1, -0.05) is 6.42 Å². The van der Waals surface area contributed by atoms with Crippen molar-refractivity contribution in [3.05, 3.63) is 28.2 Å². The van der Waals surface area contributed by atoms with Crippen molar-refractivity contribution in [3.63, 3.8) is 0 Å². The van der Waals surface area contributed by atoms with Crippen molar-refractivity contribution >= 4 is 0 Å². The SMILES string of the molecule is Cc1ccc(=O)n(CCCCC(C)N)n1. The minimum atomic E-state index is -0.0265. The Morgan fingerprint density at radius 2 is 2.20 bits per heavy atom. The van der Waals surface area contributed by atoms with Gasteiger partial charge in [-0.2, -0.15) is 5.10 Å². The molecule has 0 aliphatic heterocycles. The Bertz CT molecular complexity index is 357. The molecule has 1 rings (SSSR count). The first-order valence-electron chi connectivity index (χ1n) is 5.40. The normalized spacial score (nSPS) is 12.7. The van der Waals surface area contributed by atoms with E-state index in [1.165, 1.54) is 4.68 Å². The van der Waals surface area contributed by atoms with Crippen LogP contribution in [0, 0.1) is 6.92 Å². The highest BCUT2D eigenvalue weighted by molar-refractivity contribution is 4.96. The maximum atomic E-state index is 11.4. The van der Waals surface area contributed by atoms with E-state index in [9.17, 15) is 4.79 Å². The van der Waals surface area contributed by atoms with E-state index in [0.717, 1.165) is 25.0 Å². The zero-order chi connectivity index (χ0) is 11.3. The van der Waals surface area contributed by atoms with Gasteiger partial charge >= 0.3 is 0 Å². The molecule has 0 saturated carbocycles. The monoisotopic (exact) mass is 209 g/mol. The molecule has 15 heavy (non-hydrogen) atoms. The van der Waals surface area contributed by atoms with E-state index >= 15 is 0 Å². The molecule has 0 aromatic carbocycles. The van der Waals surface area contributed by atoms with E-state index in [2.05, 4.69) is 5.10 Å². The number of rotatable bonds is 5. The smallest absolute Gasteiger partial charge is 0.266 e. The minimum absolute atomic E-state index is 0.0265. The Labute approximate surface area is 90.1 Å². The second-order valence-corrected chi connectivity index (χ2v) is 4.01. The van der Waals surface area contributed by atoms with Crippen LogP contribution in [0.4, 0.5) is 0 Å². The van der Waals surface area contributed by atoms with E-state index in [4.69, 9.17) is 5.73 Å². The average Bonchev–Trinajstić information content (AvgIpc) is 2.17. The highest BCUT2D eigenvalue weighted by atomic mass is 16.1. The molecule has 0 saturated heterocycles. The van der Waals surface area contributed by atoms with E-state index in [0.29, 0.717) is 6.54 Å². The Morgan fingerprint density at radius 3 is 2.87 bits per heavy atom. The topological polar surface area (TPSA) is 60.9 Å². The fourth-order valence-electron chi connectivity index (χ4n) is 1.44. The summed E-state index contributed by atoms with van der Waals surface area (Å²) in [6, 6.07) is 3.54. The summed E-state index contributed by atoms with van der Waals surface area (Å²) in [5.74, 6) is 0. The molecule has 0 spiro atoms. The molecule has 1 heterocycles. The van der Waals surface area contributed by atoms with Gasteiger partial charge < -0.3 is 5.73 Å². The number of aryl methyl sites for hydroxylation is 2. The highest BCUT2D eigenvalue weighted by Gasteiger charge is 1.98. The van der Waals surface area contributed by atoms with Crippen LogP contribution in [0.1, 0.15) is 31.9 Å². The van der Waals surface area contributed by atoms with Gasteiger partial charge in [-0.25, -0.2) is 4.68 Å². The van der Waals surface area contributed by atoms with Crippen LogP contribution < -0.4 is 11.3 Å². The van der Waals surface area contributed by atoms with Crippen molar-refractivity contribution in [2.75, 3.05) is 0 Å². The van der Waals surface area contributed by atoms with Crippen molar-refractivity contribution in [1.29, 1.82) is 0 Å². The summed E-state index contributed by atoms with van der Waals surface area (Å²) in [6.45, 7) is 4.57. The summed E-state index contributed by atoms with van der Waals surface area (Å²) in [6.07, 6.45) is 3.00. The maximum Gasteiger partial charge on any atom is 0.266 e. The van der Waals surface area contributed by atoms with E-state index in [1.54, 1.807) is 12.1 Å². The summed E-state index contributed by atoms with van der Waals surface area (Å²) in [5, 5.41) is 4.16. The fourth-order valence-corrected chi connectivity index (χ4v) is 1.44. The molecule has 1 aromatic heterocycles. The van der Waals surface area contributed by atoms with Gasteiger partial charge in [0.2, 0.25) is 0 Å². The molecule has 0 bridgehead atoms. The van der Waals surface area contributed by atoms with Gasteiger partial charge in [0.25, 0.3) is 5.56 Å². The zero-order valence-electron chi connectivity index (χ0n) is 9.44. The van der Waals surface area contributed by atoms with Crippen LogP contribution in [-0.4, -0.2) is 15.8 Å². The van der Waals surface area contributed by atoms with Crippen LogP contribution in [0.25, 0.3) is 0 Å². The third-order valence-electron chi connectivity index (χ3n) is 2.28. The molecule has 0 fully saturated rings. The largest absolute Gasteiger partial charge is 0.328 e. The van der Waals surface area contributed by atoms with Crippen LogP contribution >= 0.6 is 0 Å². The maximum absolute atomic E-state index is 11.4. The van der Waals surface area contributed by atoms with Gasteiger partial charge in [-0.15, -0.1) is 0 Å². The molecule has 2 N–H and O–H groups in total. The summed E-state index contributed by atoms with van der Waals surface area (Å²) < 4.78 is 1.52. The molecule has 84 valence electrons. The molecule has 0 amide bonds. The predicted octanol–water partition coefficient (Wildman–Crippen LogP) is 1.07. The third-order valence-corrected chi connectivity index (χ3v) is 2.28. The van der Waals surface area contributed by atoms with Gasteiger partial charge in [0.05, 0.1) is 5.69 Å². The van der Waals surface area contributed by atoms with Gasteiger partial charge in [0.1, 0.15) is 0 Å². The molecule has 4 nitrogen and oxygen atoms in total. The van der Waals surface area contributed by atoms with Crippen LogP contribution in [0.15, 0.2) is 16.9 Å². The summed E-state index contributed by atoms with van der Waals surface area (Å²) in [4.78, 5) is 11.4. The van der Waals surface area contributed by atoms with Gasteiger partial charge in [0.15, 0.2) is 0 Å². The first-order chi connectivity index (χ1) is 7.09. The van der Waals surface area contributed by atoms with E-state index in [1.807, 2.05) is 13.8 Å². The number of nitrogens with two attached hydrogens (primary N) is 1. The summed E-state index contributed by atoms with van der Waals surface area (Å²) in [5.41, 5.74) is 6.49. The Hall–Kier alpha value is -1.16. The number of hydrogen-bond acceptors (Lipinski definition) is 3. The molecule has 1 unspecified atom stereocenters. The van der Waals surface area contributed by atoms with Gasteiger partial charge in [0, 0.05) is 18.7 Å². The van der Waals surface area contributed by atoms with Crippen molar-refractivity contribution in [2.24, 2.45) is 5.73 Å². The first-order valence-corrected chi connectivity index (χ1v) is 5.40. The van der Waals surface area contributed by atoms with Gasteiger partial charge in [-0.3, -0.25) is 4.79 Å². The second-order valence-electron chi connectivity index (χ2n) is 4.01. The van der Waals surface area contributed by atoms with Crippen molar-refractivity contribution < 1.29 is 0 Å². The first kappa shape index (κ1) is 11.9. The lowest BCUT2D eigenvalue weighted by Gasteiger charge is -2.06. The molecule has 0 aliphatic rings. The fraction of sp³-hybridized carbons (Fsp3) is 0.636. The molecular formula is C11H19N3O. The van der Waals surface area contributed by atoms with E-state index < -0.39 is 0 Å². The minimum Gasteiger partial charge on any atom is -0.328 e. The van der Waals surface area contributed by atoms with Gasteiger partial charge in [-0.05, 0) is 32.8 Å². The molecule has 4 heteroatoms. The standard InChI is InChI=1S/C11H19N3O/c1-9(12)5-3-4-8-14-11(15)7-6-10(2)13-14/h6-7,9H,3-5,8,12H2,1-2H3. The van der Waals surface area contributed by atoms with Crippen LogP contribution in [0.3, 0.4) is 0 Å². The summed E-state index contributed by atoms with van der Waals surface area (Å²) >= 11 is 0. The van der Waals surface area contributed by atoms with Crippen molar-refractivity contribution in [2.45, 2.75) is 45.7 Å². The highest BCUT2D eigenvalue weighted by Crippen LogP contribution is 1.99. The average molecular weight is 209 g/mol. The Balaban J connectivity index is 2.43. The number of unbranched alkanes of at least 4 members (excludes halogenated alkanes) is 1.